The van der Waals surface area contributed by atoms with Gasteiger partial charge in [0.1, 0.15) is 31.9 Å². The number of imidazole rings is 1. The van der Waals surface area contributed by atoms with E-state index in [4.69, 9.17) is 19.7 Å². The minimum absolute atomic E-state index is 0.0275. The summed E-state index contributed by atoms with van der Waals surface area (Å²) >= 11 is 0. The lowest BCUT2D eigenvalue weighted by atomic mass is 10.1. The summed E-state index contributed by atoms with van der Waals surface area (Å²) in [5.41, 5.74) is 6.33. The highest BCUT2D eigenvalue weighted by Crippen LogP contribution is 2.39. The first-order valence-electron chi connectivity index (χ1n) is 7.03. The molecule has 0 aromatic carbocycles. The van der Waals surface area contributed by atoms with Crippen LogP contribution >= 0.6 is 7.60 Å². The van der Waals surface area contributed by atoms with Gasteiger partial charge in [-0.3, -0.25) is 4.57 Å². The van der Waals surface area contributed by atoms with Gasteiger partial charge < -0.3 is 34.3 Å². The maximum atomic E-state index is 11.2. The monoisotopic (exact) mass is 358 g/mol. The first kappa shape index (κ1) is 17.2. The maximum Gasteiger partial charge on any atom is 0.258 e. The largest absolute Gasteiger partial charge is 0.779 e. The van der Waals surface area contributed by atoms with Crippen LogP contribution in [0.4, 0.5) is 5.82 Å². The fraction of sp³-hybridized carbons (Fsp3) is 0.583. The first-order chi connectivity index (χ1) is 11.2. The molecule has 1 aliphatic heterocycles. The number of hydrogen-bond donors (Lipinski definition) is 2. The fourth-order valence-corrected chi connectivity index (χ4v) is 3.03. The molecule has 3 heterocycles. The number of anilines is 1. The van der Waals surface area contributed by atoms with Crippen LogP contribution in [0.25, 0.3) is 11.2 Å². The summed E-state index contributed by atoms with van der Waals surface area (Å²) in [6.45, 7) is 0.681. The van der Waals surface area contributed by atoms with Crippen LogP contribution in [0.3, 0.4) is 0 Å². The molecule has 12 heteroatoms. The smallest absolute Gasteiger partial charge is 0.258 e. The van der Waals surface area contributed by atoms with Crippen molar-refractivity contribution in [1.82, 2.24) is 19.5 Å². The number of nitrogen functional groups attached to an aromatic ring is 1. The van der Waals surface area contributed by atoms with Crippen LogP contribution in [0.15, 0.2) is 12.7 Å². The number of fused-ring (bicyclic) bond motifs is 1. The Bertz CT molecular complexity index is 793. The molecule has 1 aliphatic rings. The van der Waals surface area contributed by atoms with Gasteiger partial charge in [0, 0.05) is 13.8 Å². The number of aliphatic hydroxyl groups is 1. The van der Waals surface area contributed by atoms with Crippen molar-refractivity contribution in [2.45, 2.75) is 24.5 Å². The number of methoxy groups -OCH3 is 1. The maximum absolute atomic E-state index is 11.2. The molecule has 0 amide bonds. The summed E-state index contributed by atoms with van der Waals surface area (Å²) in [5.74, 6) is -1.66. The second kappa shape index (κ2) is 6.03. The standard InChI is InChI=1S/C12H18N5O6P/c1-21-7-3-12(18,23-8(7)4-22-24(2,19)20)17-6-16-9-10(13)14-5-15-11(9)17/h5-8,18H,3-4H2,1-2H3,(H,19,20)(H2,13,14,15)/p-1/t7?,8-,12-/m1/s1. The molecule has 2 aromatic heterocycles. The third kappa shape index (κ3) is 3.14. The normalized spacial score (nSPS) is 29.8. The molecule has 11 nitrogen and oxygen atoms in total. The number of hydrogen-bond acceptors (Lipinski definition) is 10. The third-order valence-corrected chi connectivity index (χ3v) is 4.35. The molecule has 2 unspecified atom stereocenters. The van der Waals surface area contributed by atoms with Crippen molar-refractivity contribution in [3.63, 3.8) is 0 Å². The van der Waals surface area contributed by atoms with Gasteiger partial charge in [0.25, 0.3) is 5.91 Å². The lowest BCUT2D eigenvalue weighted by Gasteiger charge is -2.25. The van der Waals surface area contributed by atoms with E-state index in [9.17, 15) is 14.6 Å². The van der Waals surface area contributed by atoms with Crippen molar-refractivity contribution in [1.29, 1.82) is 0 Å². The third-order valence-electron chi connectivity index (χ3n) is 3.74. The Balaban J connectivity index is 1.89. The van der Waals surface area contributed by atoms with Crippen molar-refractivity contribution < 1.29 is 28.6 Å². The Morgan fingerprint density at radius 1 is 1.58 bits per heavy atom. The zero-order valence-corrected chi connectivity index (χ0v) is 13.9. The highest BCUT2D eigenvalue weighted by atomic mass is 31.2. The summed E-state index contributed by atoms with van der Waals surface area (Å²) in [6.07, 6.45) is 1.22. The second-order valence-corrected chi connectivity index (χ2v) is 7.29. The number of nitrogens with zero attached hydrogens (tertiary/aromatic N) is 4. The van der Waals surface area contributed by atoms with Crippen molar-refractivity contribution >= 4 is 24.6 Å². The topological polar surface area (TPSA) is 158 Å². The molecule has 0 saturated carbocycles. The number of nitrogens with two attached hydrogens (primary N) is 1. The molecule has 3 N–H and O–H groups in total. The first-order valence-corrected chi connectivity index (χ1v) is 9.02. The van der Waals surface area contributed by atoms with Gasteiger partial charge in [-0.15, -0.1) is 0 Å². The van der Waals surface area contributed by atoms with Crippen molar-refractivity contribution in [2.24, 2.45) is 0 Å². The van der Waals surface area contributed by atoms with Gasteiger partial charge in [-0.2, -0.15) is 0 Å². The van der Waals surface area contributed by atoms with Crippen LogP contribution in [0, 0.1) is 0 Å². The fourth-order valence-electron chi connectivity index (χ4n) is 2.61. The van der Waals surface area contributed by atoms with Gasteiger partial charge in [-0.1, -0.05) is 0 Å². The molecule has 2 aromatic rings. The molecule has 24 heavy (non-hydrogen) atoms. The van der Waals surface area contributed by atoms with Crippen LogP contribution in [0.1, 0.15) is 6.42 Å². The molecule has 1 fully saturated rings. The number of aromatic nitrogens is 4. The van der Waals surface area contributed by atoms with Crippen molar-refractivity contribution in [3.8, 4) is 0 Å². The highest BCUT2D eigenvalue weighted by Gasteiger charge is 2.48. The summed E-state index contributed by atoms with van der Waals surface area (Å²) in [7, 11) is -2.49. The predicted molar refractivity (Wildman–Crippen MR) is 79.7 cm³/mol. The van der Waals surface area contributed by atoms with E-state index in [2.05, 4.69) is 15.0 Å². The highest BCUT2D eigenvalue weighted by molar-refractivity contribution is 7.50. The van der Waals surface area contributed by atoms with Crippen LogP contribution in [-0.4, -0.2) is 57.2 Å². The van der Waals surface area contributed by atoms with Gasteiger partial charge in [0.05, 0.1) is 19.1 Å². The van der Waals surface area contributed by atoms with Gasteiger partial charge in [-0.05, 0) is 0 Å². The van der Waals surface area contributed by atoms with Crippen molar-refractivity contribution in [2.75, 3.05) is 26.1 Å². The van der Waals surface area contributed by atoms with Crippen LogP contribution in [0.2, 0.25) is 0 Å². The van der Waals surface area contributed by atoms with E-state index >= 15 is 0 Å². The summed E-state index contributed by atoms with van der Waals surface area (Å²) in [6, 6.07) is 0. The Labute approximate surface area is 136 Å². The van der Waals surface area contributed by atoms with E-state index < -0.39 is 25.7 Å². The van der Waals surface area contributed by atoms with Gasteiger partial charge in [0.15, 0.2) is 11.5 Å². The Kier molecular flexibility index (Phi) is 4.32. The summed E-state index contributed by atoms with van der Waals surface area (Å²) in [5, 5.41) is 10.9. The second-order valence-electron chi connectivity index (χ2n) is 5.49. The van der Waals surface area contributed by atoms with Crippen LogP contribution in [-0.2, 0) is 24.5 Å². The molecule has 0 radical (unpaired) electrons. The van der Waals surface area contributed by atoms with Crippen molar-refractivity contribution in [3.05, 3.63) is 12.7 Å². The van der Waals surface area contributed by atoms with Gasteiger partial charge in [-0.25, -0.2) is 15.0 Å². The molecule has 0 aliphatic carbocycles. The molecular formula is C12H17N5O6P-. The summed E-state index contributed by atoms with van der Waals surface area (Å²) in [4.78, 5) is 23.1. The average molecular weight is 358 g/mol. The summed E-state index contributed by atoms with van der Waals surface area (Å²) < 4.78 is 28.1. The van der Waals surface area contributed by atoms with E-state index in [-0.39, 0.29) is 24.5 Å². The lowest BCUT2D eigenvalue weighted by Crippen LogP contribution is -2.34. The Hall–Kier alpha value is -1.62. The molecule has 132 valence electrons. The molecule has 1 saturated heterocycles. The van der Waals surface area contributed by atoms with Crippen LogP contribution < -0.4 is 10.6 Å². The van der Waals surface area contributed by atoms with Gasteiger partial charge >= 0.3 is 0 Å². The Morgan fingerprint density at radius 3 is 3.00 bits per heavy atom. The molecule has 0 spiro atoms. The minimum atomic E-state index is -3.93. The van der Waals surface area contributed by atoms with E-state index in [1.54, 1.807) is 0 Å². The zero-order chi connectivity index (χ0) is 17.5. The van der Waals surface area contributed by atoms with Gasteiger partial charge in [0.2, 0.25) is 0 Å². The molecule has 4 atom stereocenters. The molecule has 3 rings (SSSR count). The number of ether oxygens (including phenoxy) is 2. The van der Waals surface area contributed by atoms with E-state index in [0.717, 1.165) is 6.66 Å². The van der Waals surface area contributed by atoms with E-state index in [1.807, 2.05) is 0 Å². The molecular weight excluding hydrogens is 341 g/mol. The predicted octanol–water partition coefficient (Wildman–Crippen LogP) is -0.985. The Morgan fingerprint density at radius 2 is 2.33 bits per heavy atom. The SMILES string of the molecule is COC1C[C@](O)(n2cnc3c(N)ncnc32)O[C@@H]1COP(C)(=O)[O-]. The average Bonchev–Trinajstić information content (AvgIpc) is 3.07. The molecule has 0 bridgehead atoms. The minimum Gasteiger partial charge on any atom is -0.779 e. The number of rotatable bonds is 5. The van der Waals surface area contributed by atoms with Crippen LogP contribution in [0.5, 0.6) is 0 Å². The quantitative estimate of drug-likeness (QED) is 0.636. The van der Waals surface area contributed by atoms with E-state index in [0.29, 0.717) is 5.52 Å². The zero-order valence-electron chi connectivity index (χ0n) is 13.0. The van der Waals surface area contributed by atoms with E-state index in [1.165, 1.54) is 24.3 Å². The lowest BCUT2D eigenvalue weighted by molar-refractivity contribution is -0.256.